The summed E-state index contributed by atoms with van der Waals surface area (Å²) in [7, 11) is 0. The Hall–Kier alpha value is -1.16. The van der Waals surface area contributed by atoms with Crippen molar-refractivity contribution in [3.63, 3.8) is 0 Å². The summed E-state index contributed by atoms with van der Waals surface area (Å²) in [6.45, 7) is 0. The van der Waals surface area contributed by atoms with Gasteiger partial charge in [0.15, 0.2) is 0 Å². The van der Waals surface area contributed by atoms with Gasteiger partial charge in [0.1, 0.15) is 17.1 Å². The van der Waals surface area contributed by atoms with Crippen molar-refractivity contribution in [2.24, 2.45) is 0 Å². The molecule has 0 radical (unpaired) electrons. The van der Waals surface area contributed by atoms with Gasteiger partial charge in [0.05, 0.1) is 6.20 Å². The van der Waals surface area contributed by atoms with Crippen LogP contribution in [0.1, 0.15) is 18.7 Å². The molecule has 0 aliphatic carbocycles. The van der Waals surface area contributed by atoms with Gasteiger partial charge in [-0.3, -0.25) is 0 Å². The predicted octanol–water partition coefficient (Wildman–Crippen LogP) is 2.48. The number of rotatable bonds is 2. The fourth-order valence-electron chi connectivity index (χ4n) is 2.22. The van der Waals surface area contributed by atoms with Gasteiger partial charge in [0.2, 0.25) is 0 Å². The second-order valence-electron chi connectivity index (χ2n) is 4.16. The van der Waals surface area contributed by atoms with E-state index >= 15 is 0 Å². The molecule has 0 amide bonds. The van der Waals surface area contributed by atoms with E-state index in [0.29, 0.717) is 11.0 Å². The molecule has 16 heavy (non-hydrogen) atoms. The number of hydrogen-bond acceptors (Lipinski definition) is 3. The number of hydrogen-bond donors (Lipinski definition) is 1. The van der Waals surface area contributed by atoms with Gasteiger partial charge >= 0.3 is 0 Å². The quantitative estimate of drug-likeness (QED) is 0.867. The zero-order valence-electron chi connectivity index (χ0n) is 8.97. The molecule has 1 saturated heterocycles. The molecule has 1 fully saturated rings. The summed E-state index contributed by atoms with van der Waals surface area (Å²) in [5.41, 5.74) is 0.806. The van der Waals surface area contributed by atoms with Crippen LogP contribution in [0.3, 0.4) is 0 Å². The number of aromatic nitrogens is 2. The molecule has 2 aromatic rings. The molecule has 1 atom stereocenters. The van der Waals surface area contributed by atoms with E-state index in [2.05, 4.69) is 4.98 Å². The molecule has 4 heteroatoms. The molecule has 1 unspecified atom stereocenters. The standard InChI is InChI=1S/C12H14N2OS/c15-11-4-1-5-14-10(11)8-13-12(14)7-9-3-2-6-16-9/h1,4-5,8-9,15H,2-3,6-7H2. The average molecular weight is 234 g/mol. The van der Waals surface area contributed by atoms with Crippen molar-refractivity contribution in [2.45, 2.75) is 24.5 Å². The number of aromatic hydroxyl groups is 1. The highest BCUT2D eigenvalue weighted by molar-refractivity contribution is 8.00. The number of pyridine rings is 1. The van der Waals surface area contributed by atoms with E-state index in [1.165, 1.54) is 18.6 Å². The van der Waals surface area contributed by atoms with Crippen LogP contribution in [-0.4, -0.2) is 25.5 Å². The summed E-state index contributed by atoms with van der Waals surface area (Å²) in [6, 6.07) is 3.56. The third-order valence-electron chi connectivity index (χ3n) is 3.06. The lowest BCUT2D eigenvalue weighted by Crippen LogP contribution is -2.05. The topological polar surface area (TPSA) is 37.5 Å². The maximum Gasteiger partial charge on any atom is 0.141 e. The summed E-state index contributed by atoms with van der Waals surface area (Å²) >= 11 is 2.04. The minimum absolute atomic E-state index is 0.306. The molecule has 1 N–H and O–H groups in total. The Morgan fingerprint density at radius 2 is 2.50 bits per heavy atom. The largest absolute Gasteiger partial charge is 0.506 e. The highest BCUT2D eigenvalue weighted by Crippen LogP contribution is 2.29. The fraction of sp³-hybridized carbons (Fsp3) is 0.417. The van der Waals surface area contributed by atoms with Crippen molar-refractivity contribution in [2.75, 3.05) is 5.75 Å². The Labute approximate surface area is 98.5 Å². The van der Waals surface area contributed by atoms with Crippen molar-refractivity contribution in [1.82, 2.24) is 9.38 Å². The maximum absolute atomic E-state index is 9.68. The Kier molecular flexibility index (Phi) is 2.52. The van der Waals surface area contributed by atoms with E-state index in [4.69, 9.17) is 0 Å². The number of thioether (sulfide) groups is 1. The second kappa shape index (κ2) is 4.01. The maximum atomic E-state index is 9.68. The van der Waals surface area contributed by atoms with Gasteiger partial charge < -0.3 is 9.51 Å². The van der Waals surface area contributed by atoms with Crippen molar-refractivity contribution < 1.29 is 5.11 Å². The Balaban J connectivity index is 1.94. The zero-order chi connectivity index (χ0) is 11.0. The molecule has 1 aliphatic rings. The first kappa shape index (κ1) is 10.0. The van der Waals surface area contributed by atoms with E-state index in [1.807, 2.05) is 28.4 Å². The molecule has 0 aromatic carbocycles. The van der Waals surface area contributed by atoms with Gasteiger partial charge in [0, 0.05) is 17.9 Å². The van der Waals surface area contributed by atoms with Crippen molar-refractivity contribution >= 4 is 17.3 Å². The monoisotopic (exact) mass is 234 g/mol. The zero-order valence-corrected chi connectivity index (χ0v) is 9.78. The van der Waals surface area contributed by atoms with Crippen LogP contribution in [-0.2, 0) is 6.42 Å². The molecule has 84 valence electrons. The van der Waals surface area contributed by atoms with Crippen LogP contribution < -0.4 is 0 Å². The molecule has 1 aliphatic heterocycles. The molecule has 3 nitrogen and oxygen atoms in total. The molecule has 0 bridgehead atoms. The lowest BCUT2D eigenvalue weighted by molar-refractivity contribution is 0.479. The number of imidazole rings is 1. The Bertz CT molecular complexity index is 503. The summed E-state index contributed by atoms with van der Waals surface area (Å²) in [4.78, 5) is 4.41. The van der Waals surface area contributed by atoms with Crippen molar-refractivity contribution in [1.29, 1.82) is 0 Å². The SMILES string of the molecule is Oc1cccn2c(CC3CCCS3)ncc12. The number of fused-ring (bicyclic) bond motifs is 1. The molecule has 0 saturated carbocycles. The van der Waals surface area contributed by atoms with Crippen LogP contribution in [0.4, 0.5) is 0 Å². The van der Waals surface area contributed by atoms with Crippen LogP contribution in [0.15, 0.2) is 24.5 Å². The van der Waals surface area contributed by atoms with Crippen LogP contribution in [0.5, 0.6) is 5.75 Å². The minimum Gasteiger partial charge on any atom is -0.506 e. The van der Waals surface area contributed by atoms with Crippen LogP contribution in [0, 0.1) is 0 Å². The molecule has 0 spiro atoms. The van der Waals surface area contributed by atoms with Gasteiger partial charge in [-0.1, -0.05) is 0 Å². The van der Waals surface area contributed by atoms with Crippen LogP contribution in [0.25, 0.3) is 5.52 Å². The van der Waals surface area contributed by atoms with Gasteiger partial charge in [-0.25, -0.2) is 4.98 Å². The highest BCUT2D eigenvalue weighted by Gasteiger charge is 2.18. The second-order valence-corrected chi connectivity index (χ2v) is 5.57. The van der Waals surface area contributed by atoms with Crippen LogP contribution in [0.2, 0.25) is 0 Å². The lowest BCUT2D eigenvalue weighted by atomic mass is 10.2. The summed E-state index contributed by atoms with van der Waals surface area (Å²) in [6.07, 6.45) is 7.34. The third kappa shape index (κ3) is 1.67. The molecule has 3 heterocycles. The molecule has 3 rings (SSSR count). The Morgan fingerprint density at radius 3 is 3.31 bits per heavy atom. The van der Waals surface area contributed by atoms with E-state index in [0.717, 1.165) is 17.8 Å². The van der Waals surface area contributed by atoms with Gasteiger partial charge in [0.25, 0.3) is 0 Å². The minimum atomic E-state index is 0.306. The molecular weight excluding hydrogens is 220 g/mol. The summed E-state index contributed by atoms with van der Waals surface area (Å²) in [5, 5.41) is 10.4. The van der Waals surface area contributed by atoms with E-state index < -0.39 is 0 Å². The van der Waals surface area contributed by atoms with Crippen LogP contribution >= 0.6 is 11.8 Å². The predicted molar refractivity (Wildman–Crippen MR) is 66.0 cm³/mol. The third-order valence-corrected chi connectivity index (χ3v) is 4.46. The average Bonchev–Trinajstić information content (AvgIpc) is 2.90. The van der Waals surface area contributed by atoms with Crippen molar-refractivity contribution in [3.8, 4) is 5.75 Å². The fourth-order valence-corrected chi connectivity index (χ4v) is 3.49. The smallest absolute Gasteiger partial charge is 0.141 e. The first-order valence-corrected chi connectivity index (χ1v) is 6.65. The van der Waals surface area contributed by atoms with E-state index in [1.54, 1.807) is 12.3 Å². The van der Waals surface area contributed by atoms with Gasteiger partial charge in [-0.05, 0) is 30.7 Å². The van der Waals surface area contributed by atoms with Gasteiger partial charge in [-0.2, -0.15) is 11.8 Å². The number of nitrogens with zero attached hydrogens (tertiary/aromatic N) is 2. The Morgan fingerprint density at radius 1 is 1.56 bits per heavy atom. The summed E-state index contributed by atoms with van der Waals surface area (Å²) < 4.78 is 1.99. The van der Waals surface area contributed by atoms with E-state index in [-0.39, 0.29) is 0 Å². The van der Waals surface area contributed by atoms with E-state index in [9.17, 15) is 5.11 Å². The normalized spacial score (nSPS) is 20.6. The lowest BCUT2D eigenvalue weighted by Gasteiger charge is -2.07. The molecule has 2 aromatic heterocycles. The highest BCUT2D eigenvalue weighted by atomic mass is 32.2. The van der Waals surface area contributed by atoms with Gasteiger partial charge in [-0.15, -0.1) is 0 Å². The first-order chi connectivity index (χ1) is 7.84. The first-order valence-electron chi connectivity index (χ1n) is 5.60. The summed E-state index contributed by atoms with van der Waals surface area (Å²) in [5.74, 6) is 2.64. The van der Waals surface area contributed by atoms with Crippen molar-refractivity contribution in [3.05, 3.63) is 30.4 Å². The molecular formula is C12H14N2OS.